The minimum atomic E-state index is -0.521. The molecule has 0 unspecified atom stereocenters. The highest BCUT2D eigenvalue weighted by Crippen LogP contribution is 2.62. The molecule has 1 nitrogen and oxygen atoms in total. The van der Waals surface area contributed by atoms with Crippen LogP contribution in [0.2, 0.25) is 0 Å². The van der Waals surface area contributed by atoms with Crippen molar-refractivity contribution >= 4 is 124 Å². The van der Waals surface area contributed by atoms with E-state index in [-0.39, 0.29) is 0 Å². The molecule has 0 amide bonds. The third kappa shape index (κ3) is 4.48. The fourth-order valence-electron chi connectivity index (χ4n) is 3.82. The summed E-state index contributed by atoms with van der Waals surface area (Å²) in [6.45, 7) is 0.583. The number of halogens is 5. The highest BCUT2D eigenvalue weighted by Gasteiger charge is 2.26. The Kier molecular flexibility index (Phi) is 7.88. The smallest absolute Gasteiger partial charge is 0.119 e. The van der Waals surface area contributed by atoms with Crippen LogP contribution >= 0.6 is 124 Å². The van der Waals surface area contributed by atoms with Gasteiger partial charge in [0.05, 0.1) is 0 Å². The lowest BCUT2D eigenvalue weighted by molar-refractivity contribution is 0.304. The van der Waals surface area contributed by atoms with Gasteiger partial charge in [0.1, 0.15) is 12.4 Å². The molecule has 1 heterocycles. The molecule has 5 rings (SSSR count). The van der Waals surface area contributed by atoms with Crippen LogP contribution < -0.4 is 4.74 Å². The average Bonchev–Trinajstić information content (AvgIpc) is 3.16. The number of benzene rings is 4. The number of fused-ring (bicyclic) bond motifs is 3. The van der Waals surface area contributed by atoms with Gasteiger partial charge in [0.25, 0.3) is 0 Å². The molecule has 0 aromatic heterocycles. The van der Waals surface area contributed by atoms with Crippen LogP contribution in [0.25, 0.3) is 11.1 Å². The first kappa shape index (κ1) is 24.4. The van der Waals surface area contributed by atoms with Gasteiger partial charge in [-0.1, -0.05) is 36.4 Å². The molecular formula is C25H15I5OS. The number of hydrogen-bond donors (Lipinski definition) is 1. The Morgan fingerprint density at radius 3 is 1.56 bits per heavy atom. The Morgan fingerprint density at radius 1 is 0.562 bits per heavy atom. The second-order valence-corrected chi connectivity index (χ2v) is 14.7. The summed E-state index contributed by atoms with van der Waals surface area (Å²) in [5, 5.41) is 0. The van der Waals surface area contributed by atoms with Gasteiger partial charge in [0.15, 0.2) is 0 Å². The quantitative estimate of drug-likeness (QED) is 0.0818. The average molecular weight is 998 g/mol. The Labute approximate surface area is 258 Å². The van der Waals surface area contributed by atoms with Crippen LogP contribution in [0.4, 0.5) is 0 Å². The number of thiol groups is 1. The van der Waals surface area contributed by atoms with E-state index in [1.807, 2.05) is 0 Å². The lowest BCUT2D eigenvalue weighted by Crippen LogP contribution is -2.06. The Bertz CT molecular complexity index is 1260. The Balaban J connectivity index is 1.42. The van der Waals surface area contributed by atoms with Gasteiger partial charge in [-0.2, -0.15) is 10.9 Å². The molecule has 0 N–H and O–H groups in total. The zero-order valence-corrected chi connectivity index (χ0v) is 28.1. The van der Waals surface area contributed by atoms with Crippen molar-refractivity contribution in [3.05, 3.63) is 96.2 Å². The van der Waals surface area contributed by atoms with E-state index in [1.54, 1.807) is 0 Å². The lowest BCUT2D eigenvalue weighted by atomic mass is 10.1. The predicted molar refractivity (Wildman–Crippen MR) is 176 cm³/mol. The van der Waals surface area contributed by atoms with Crippen molar-refractivity contribution in [3.8, 4) is 16.9 Å². The first-order valence-electron chi connectivity index (χ1n) is 9.69. The summed E-state index contributed by atoms with van der Waals surface area (Å²) in [5.41, 5.74) is 4.02. The standard InChI is InChI=1S/C25H15I5OS/c26-21-18(22(27)24(29)25(30)23(21)28)13-31-14-9-11-15(12-10-14)32-19-7-3-1-5-16(19)17-6-2-4-8-20(17)32/h1-12,32H,13H2. The topological polar surface area (TPSA) is 9.23 Å². The van der Waals surface area contributed by atoms with Crippen LogP contribution in [-0.4, -0.2) is 0 Å². The number of rotatable bonds is 4. The molecule has 0 atom stereocenters. The molecule has 0 saturated carbocycles. The molecule has 0 saturated heterocycles. The van der Waals surface area contributed by atoms with E-state index in [0.29, 0.717) is 6.61 Å². The summed E-state index contributed by atoms with van der Waals surface area (Å²) >= 11 is 12.2. The van der Waals surface area contributed by atoms with Gasteiger partial charge in [-0.25, -0.2) is 0 Å². The van der Waals surface area contributed by atoms with Gasteiger partial charge in [0, 0.05) is 33.2 Å². The van der Waals surface area contributed by atoms with Gasteiger partial charge in [-0.15, -0.1) is 0 Å². The molecule has 0 fully saturated rings. The number of hydrogen-bond acceptors (Lipinski definition) is 1. The van der Waals surface area contributed by atoms with Crippen molar-refractivity contribution in [1.29, 1.82) is 0 Å². The maximum Gasteiger partial charge on any atom is 0.119 e. The maximum absolute atomic E-state index is 6.25. The number of ether oxygens (including phenoxy) is 1. The molecule has 32 heavy (non-hydrogen) atoms. The SMILES string of the molecule is Ic1c(I)c(I)c(COc2ccc([SH]3c4ccccc4-c4ccccc43)cc2)c(I)c1I. The van der Waals surface area contributed by atoms with E-state index in [0.717, 1.165) is 5.75 Å². The lowest BCUT2D eigenvalue weighted by Gasteiger charge is -2.19. The summed E-state index contributed by atoms with van der Waals surface area (Å²) < 4.78 is 12.8. The van der Waals surface area contributed by atoms with E-state index < -0.39 is 10.9 Å². The third-order valence-corrected chi connectivity index (χ3v) is 17.7. The normalized spacial score (nSPS) is 13.1. The van der Waals surface area contributed by atoms with Crippen molar-refractivity contribution < 1.29 is 4.74 Å². The van der Waals surface area contributed by atoms with Gasteiger partial charge >= 0.3 is 0 Å². The van der Waals surface area contributed by atoms with Crippen molar-refractivity contribution in [2.24, 2.45) is 0 Å². The van der Waals surface area contributed by atoms with Gasteiger partial charge in [-0.3, -0.25) is 0 Å². The van der Waals surface area contributed by atoms with Gasteiger partial charge < -0.3 is 4.74 Å². The van der Waals surface area contributed by atoms with E-state index in [4.69, 9.17) is 4.74 Å². The molecule has 162 valence electrons. The monoisotopic (exact) mass is 998 g/mol. The molecule has 7 heteroatoms. The van der Waals surface area contributed by atoms with Crippen molar-refractivity contribution in [2.45, 2.75) is 21.3 Å². The highest BCUT2D eigenvalue weighted by molar-refractivity contribution is 14.1. The van der Waals surface area contributed by atoms with Crippen LogP contribution in [0.3, 0.4) is 0 Å². The van der Waals surface area contributed by atoms with Crippen LogP contribution in [0.5, 0.6) is 5.75 Å². The fourth-order valence-corrected chi connectivity index (χ4v) is 11.6. The molecule has 1 aliphatic heterocycles. The second kappa shape index (κ2) is 10.3. The molecular weight excluding hydrogens is 983 g/mol. The van der Waals surface area contributed by atoms with Crippen LogP contribution in [0, 0.1) is 17.9 Å². The Hall–Kier alpha value is 0.680. The molecule has 4 aromatic carbocycles. The molecule has 4 aromatic rings. The van der Waals surface area contributed by atoms with Crippen LogP contribution in [-0.2, 0) is 6.61 Å². The van der Waals surface area contributed by atoms with E-state index in [9.17, 15) is 0 Å². The van der Waals surface area contributed by atoms with E-state index in [1.165, 1.54) is 49.2 Å². The van der Waals surface area contributed by atoms with E-state index in [2.05, 4.69) is 186 Å². The summed E-state index contributed by atoms with van der Waals surface area (Å²) in [6, 6.07) is 26.4. The van der Waals surface area contributed by atoms with Crippen molar-refractivity contribution in [3.63, 3.8) is 0 Å². The zero-order valence-electron chi connectivity index (χ0n) is 16.4. The largest absolute Gasteiger partial charge is 0.489 e. The van der Waals surface area contributed by atoms with Gasteiger partial charge in [0.2, 0.25) is 0 Å². The second-order valence-electron chi connectivity index (χ2n) is 7.20. The van der Waals surface area contributed by atoms with E-state index >= 15 is 0 Å². The Morgan fingerprint density at radius 2 is 1.03 bits per heavy atom. The first-order valence-corrected chi connectivity index (χ1v) is 16.4. The third-order valence-electron chi connectivity index (χ3n) is 5.36. The zero-order chi connectivity index (χ0) is 22.4. The summed E-state index contributed by atoms with van der Waals surface area (Å²) in [7, 11) is -0.521. The molecule has 0 bridgehead atoms. The summed E-state index contributed by atoms with van der Waals surface area (Å²) in [6.07, 6.45) is 0. The van der Waals surface area contributed by atoms with Crippen molar-refractivity contribution in [1.82, 2.24) is 0 Å². The summed E-state index contributed by atoms with van der Waals surface area (Å²) in [4.78, 5) is 4.27. The highest BCUT2D eigenvalue weighted by atomic mass is 127. The van der Waals surface area contributed by atoms with Gasteiger partial charge in [-0.05, 0) is 165 Å². The first-order chi connectivity index (χ1) is 15.5. The van der Waals surface area contributed by atoms with Crippen LogP contribution in [0.1, 0.15) is 5.56 Å². The maximum atomic E-state index is 6.25. The minimum absolute atomic E-state index is 0.521. The molecule has 0 spiro atoms. The summed E-state index contributed by atoms with van der Waals surface area (Å²) in [5.74, 6) is 0.916. The van der Waals surface area contributed by atoms with Crippen LogP contribution in [0.15, 0.2) is 87.5 Å². The molecule has 0 radical (unpaired) electrons. The molecule has 1 aliphatic rings. The fraction of sp³-hybridized carbons (Fsp3) is 0.0400. The van der Waals surface area contributed by atoms with Crippen molar-refractivity contribution in [2.75, 3.05) is 0 Å². The minimum Gasteiger partial charge on any atom is -0.489 e. The predicted octanol–water partition coefficient (Wildman–Crippen LogP) is 9.75. The molecule has 0 aliphatic carbocycles.